The van der Waals surface area contributed by atoms with Crippen LogP contribution in [0, 0.1) is 0 Å². The number of carbonyl (C=O) groups excluding carboxylic acids is 1. The number of halogens is 4. The van der Waals surface area contributed by atoms with Crippen molar-refractivity contribution in [3.8, 4) is 5.88 Å². The average molecular weight is 239 g/mol. The second kappa shape index (κ2) is 4.33. The zero-order valence-corrected chi connectivity index (χ0v) is 7.60. The Morgan fingerprint density at radius 3 is 2.50 bits per heavy atom. The second-order valence-corrected chi connectivity index (χ2v) is 2.71. The van der Waals surface area contributed by atoms with Crippen molar-refractivity contribution < 1.29 is 27.1 Å². The van der Waals surface area contributed by atoms with Gasteiger partial charge in [-0.3, -0.25) is 14.6 Å². The van der Waals surface area contributed by atoms with Crippen LogP contribution in [-0.4, -0.2) is 17.6 Å². The van der Waals surface area contributed by atoms with Gasteiger partial charge >= 0.3 is 6.36 Å². The zero-order valence-electron chi connectivity index (χ0n) is 7.60. The lowest BCUT2D eigenvalue weighted by atomic mass is 10.2. The van der Waals surface area contributed by atoms with Crippen molar-refractivity contribution in [2.75, 3.05) is 0 Å². The Morgan fingerprint density at radius 1 is 1.44 bits per heavy atom. The first-order chi connectivity index (χ1) is 7.37. The van der Waals surface area contributed by atoms with Crippen molar-refractivity contribution in [1.29, 1.82) is 0 Å². The molecule has 4 nitrogen and oxygen atoms in total. The van der Waals surface area contributed by atoms with Gasteiger partial charge in [0, 0.05) is 5.56 Å². The summed E-state index contributed by atoms with van der Waals surface area (Å²) < 4.78 is 51.1. The number of hydrogen-bond donors (Lipinski definition) is 1. The number of nitrogens with one attached hydrogen (secondary N) is 1. The molecular formula is C8H5F4NO3. The van der Waals surface area contributed by atoms with Crippen LogP contribution in [0.4, 0.5) is 17.6 Å². The fourth-order valence-corrected chi connectivity index (χ4v) is 0.961. The molecule has 0 aliphatic carbocycles. The maximum Gasteiger partial charge on any atom is 0.574 e. The molecule has 1 aromatic heterocycles. The Labute approximate surface area is 85.8 Å². The summed E-state index contributed by atoms with van der Waals surface area (Å²) in [6, 6.07) is 0.701. The number of carbonyl (C=O) groups is 1. The second-order valence-electron chi connectivity index (χ2n) is 2.71. The third-order valence-electron chi connectivity index (χ3n) is 1.60. The minimum Gasteiger partial charge on any atom is -0.389 e. The van der Waals surface area contributed by atoms with Crippen LogP contribution >= 0.6 is 0 Å². The molecular weight excluding hydrogens is 234 g/mol. The van der Waals surface area contributed by atoms with Crippen molar-refractivity contribution >= 4 is 6.29 Å². The lowest BCUT2D eigenvalue weighted by Gasteiger charge is -2.10. The van der Waals surface area contributed by atoms with E-state index >= 15 is 0 Å². The van der Waals surface area contributed by atoms with Gasteiger partial charge in [0.2, 0.25) is 5.88 Å². The van der Waals surface area contributed by atoms with Crippen LogP contribution in [0.1, 0.15) is 15.9 Å². The molecule has 16 heavy (non-hydrogen) atoms. The fraction of sp³-hybridized carbons (Fsp3) is 0.250. The van der Waals surface area contributed by atoms with Crippen LogP contribution in [0.25, 0.3) is 0 Å². The van der Waals surface area contributed by atoms with E-state index in [-0.39, 0.29) is 6.29 Å². The van der Waals surface area contributed by atoms with Crippen LogP contribution in [0.2, 0.25) is 0 Å². The molecule has 0 aliphatic rings. The van der Waals surface area contributed by atoms with Gasteiger partial charge in [-0.05, 0) is 6.07 Å². The lowest BCUT2D eigenvalue weighted by Crippen LogP contribution is -2.22. The molecule has 1 aromatic rings. The highest BCUT2D eigenvalue weighted by atomic mass is 19.4. The van der Waals surface area contributed by atoms with E-state index in [9.17, 15) is 27.2 Å². The first-order valence-corrected chi connectivity index (χ1v) is 3.90. The summed E-state index contributed by atoms with van der Waals surface area (Å²) >= 11 is 0. The maximum absolute atomic E-state index is 12.2. The van der Waals surface area contributed by atoms with E-state index in [2.05, 4.69) is 4.74 Å². The number of hydrogen-bond acceptors (Lipinski definition) is 3. The van der Waals surface area contributed by atoms with Gasteiger partial charge in [-0.1, -0.05) is 0 Å². The Balaban J connectivity index is 3.24. The minimum absolute atomic E-state index is 0.0240. The summed E-state index contributed by atoms with van der Waals surface area (Å²) in [6.45, 7) is -1.19. The molecule has 0 amide bonds. The van der Waals surface area contributed by atoms with Crippen molar-refractivity contribution in [3.63, 3.8) is 0 Å². The standard InChI is InChI=1S/C8H5F4NO3/c9-2-4-1-5(3-14)7(13-6(4)15)16-8(10,11)12/h1,3H,2H2,(H,13,15). The molecule has 1 heterocycles. The first kappa shape index (κ1) is 12.2. The van der Waals surface area contributed by atoms with Gasteiger partial charge in [0.05, 0.1) is 5.56 Å². The Morgan fingerprint density at radius 2 is 2.06 bits per heavy atom. The highest BCUT2D eigenvalue weighted by Gasteiger charge is 2.32. The van der Waals surface area contributed by atoms with E-state index in [0.717, 1.165) is 0 Å². The van der Waals surface area contributed by atoms with Crippen LogP contribution in [-0.2, 0) is 6.67 Å². The summed E-state index contributed by atoms with van der Waals surface area (Å²) in [5.41, 5.74) is -2.10. The molecule has 88 valence electrons. The van der Waals surface area contributed by atoms with Gasteiger partial charge in [0.25, 0.3) is 5.56 Å². The summed E-state index contributed by atoms with van der Waals surface area (Å²) in [4.78, 5) is 23.0. The predicted octanol–water partition coefficient (Wildman–Crippen LogP) is 1.56. The van der Waals surface area contributed by atoms with E-state index in [1.165, 1.54) is 0 Å². The molecule has 1 rings (SSSR count). The van der Waals surface area contributed by atoms with Crippen molar-refractivity contribution in [1.82, 2.24) is 4.98 Å². The van der Waals surface area contributed by atoms with Crippen LogP contribution in [0.3, 0.4) is 0 Å². The number of rotatable bonds is 3. The molecule has 8 heteroatoms. The third kappa shape index (κ3) is 2.81. The van der Waals surface area contributed by atoms with Crippen molar-refractivity contribution in [2.24, 2.45) is 0 Å². The molecule has 0 fully saturated rings. The normalized spacial score (nSPS) is 11.2. The minimum atomic E-state index is -5.04. The molecule has 0 saturated carbocycles. The number of aldehydes is 1. The van der Waals surface area contributed by atoms with Crippen molar-refractivity contribution in [2.45, 2.75) is 13.0 Å². The van der Waals surface area contributed by atoms with E-state index in [4.69, 9.17) is 0 Å². The highest BCUT2D eigenvalue weighted by molar-refractivity contribution is 5.78. The number of alkyl halides is 4. The van der Waals surface area contributed by atoms with Gasteiger partial charge < -0.3 is 4.74 Å². The van der Waals surface area contributed by atoms with E-state index in [1.807, 2.05) is 0 Å². The summed E-state index contributed by atoms with van der Waals surface area (Å²) in [5, 5.41) is 0. The monoisotopic (exact) mass is 239 g/mol. The predicted molar refractivity (Wildman–Crippen MR) is 43.9 cm³/mol. The van der Waals surface area contributed by atoms with E-state index < -0.39 is 35.6 Å². The Bertz CT molecular complexity index is 452. The average Bonchev–Trinajstić information content (AvgIpc) is 2.16. The molecule has 0 aromatic carbocycles. The molecule has 0 atom stereocenters. The number of pyridine rings is 1. The maximum atomic E-state index is 12.2. The van der Waals surface area contributed by atoms with Gasteiger partial charge in [-0.25, -0.2) is 4.39 Å². The van der Waals surface area contributed by atoms with Crippen LogP contribution in [0.15, 0.2) is 10.9 Å². The molecule has 1 N–H and O–H groups in total. The van der Waals surface area contributed by atoms with Gasteiger partial charge in [-0.15, -0.1) is 13.2 Å². The molecule has 0 radical (unpaired) electrons. The molecule has 0 aliphatic heterocycles. The molecule has 0 unspecified atom stereocenters. The SMILES string of the molecule is O=Cc1cc(CF)c(=O)[nH]c1OC(F)(F)F. The fourth-order valence-electron chi connectivity index (χ4n) is 0.961. The van der Waals surface area contributed by atoms with Crippen LogP contribution < -0.4 is 10.3 Å². The zero-order chi connectivity index (χ0) is 12.3. The summed E-state index contributed by atoms with van der Waals surface area (Å²) in [5.74, 6) is -1.05. The number of aromatic amines is 1. The topological polar surface area (TPSA) is 59.2 Å². The highest BCUT2D eigenvalue weighted by Crippen LogP contribution is 2.22. The molecule has 0 bridgehead atoms. The number of ether oxygens (including phenoxy) is 1. The largest absolute Gasteiger partial charge is 0.574 e. The van der Waals surface area contributed by atoms with E-state index in [1.54, 1.807) is 4.98 Å². The third-order valence-corrected chi connectivity index (χ3v) is 1.60. The smallest absolute Gasteiger partial charge is 0.389 e. The number of aromatic nitrogens is 1. The Hall–Kier alpha value is -1.86. The Kier molecular flexibility index (Phi) is 3.31. The first-order valence-electron chi connectivity index (χ1n) is 3.90. The lowest BCUT2D eigenvalue weighted by molar-refractivity contribution is -0.276. The quantitative estimate of drug-likeness (QED) is 0.643. The van der Waals surface area contributed by atoms with E-state index in [0.29, 0.717) is 6.07 Å². The molecule has 0 spiro atoms. The number of H-pyrrole nitrogens is 1. The van der Waals surface area contributed by atoms with Gasteiger partial charge in [0.15, 0.2) is 6.29 Å². The summed E-state index contributed by atoms with van der Waals surface area (Å²) in [7, 11) is 0. The van der Waals surface area contributed by atoms with Crippen LogP contribution in [0.5, 0.6) is 5.88 Å². The van der Waals surface area contributed by atoms with Crippen molar-refractivity contribution in [3.05, 3.63) is 27.5 Å². The molecule has 0 saturated heterocycles. The van der Waals surface area contributed by atoms with Gasteiger partial charge in [0.1, 0.15) is 6.67 Å². The summed E-state index contributed by atoms with van der Waals surface area (Å²) in [6.07, 6.45) is -5.02. The van der Waals surface area contributed by atoms with Gasteiger partial charge in [-0.2, -0.15) is 0 Å².